The first-order valence-corrected chi connectivity index (χ1v) is 21.3. The van der Waals surface area contributed by atoms with E-state index in [-0.39, 0.29) is 0 Å². The molecule has 3 unspecified atom stereocenters. The van der Waals surface area contributed by atoms with Crippen LogP contribution < -0.4 is 14.7 Å². The molecule has 0 spiro atoms. The molecule has 7 aromatic rings. The van der Waals surface area contributed by atoms with Crippen LogP contribution in [-0.2, 0) is 0 Å². The highest BCUT2D eigenvalue weighted by molar-refractivity contribution is 5.91. The quantitative estimate of drug-likeness (QED) is 0.147. The van der Waals surface area contributed by atoms with Gasteiger partial charge in [-0.25, -0.2) is 0 Å². The summed E-state index contributed by atoms with van der Waals surface area (Å²) in [6.07, 6.45) is 20.6. The number of aromatic nitrogens is 3. The van der Waals surface area contributed by atoms with Gasteiger partial charge < -0.3 is 28.4 Å². The predicted octanol–water partition coefficient (Wildman–Crippen LogP) is 11.6. The molecule has 0 amide bonds. The molecule has 3 atom stereocenters. The van der Waals surface area contributed by atoms with E-state index in [1.54, 1.807) is 0 Å². The molecule has 0 bridgehead atoms. The van der Waals surface area contributed by atoms with Crippen LogP contribution in [0.1, 0.15) is 56.7 Å². The van der Waals surface area contributed by atoms with Crippen LogP contribution in [0.3, 0.4) is 0 Å². The van der Waals surface area contributed by atoms with E-state index in [0.717, 1.165) is 39.3 Å². The van der Waals surface area contributed by atoms with E-state index in [9.17, 15) is 0 Å². The fourth-order valence-electron chi connectivity index (χ4n) is 10.1. The van der Waals surface area contributed by atoms with Gasteiger partial charge in [-0.15, -0.1) is 0 Å². The van der Waals surface area contributed by atoms with E-state index in [0.29, 0.717) is 18.1 Å². The first kappa shape index (κ1) is 35.5. The number of benzene rings is 4. The van der Waals surface area contributed by atoms with Crippen molar-refractivity contribution < 1.29 is 0 Å². The SMILES string of the molecule is c1ccc(N2CCCC(n3cccc3)C2)c(-c2cc(-c3ccccc3N3CCCC(n4cccc4)C3)cc(-c3ccccc3N3CCCC(n4cccc4)C3)c2)c1. The molecule has 6 heterocycles. The minimum absolute atomic E-state index is 0.474. The summed E-state index contributed by atoms with van der Waals surface area (Å²) in [5.74, 6) is 0. The zero-order valence-corrected chi connectivity index (χ0v) is 33.0. The summed E-state index contributed by atoms with van der Waals surface area (Å²) in [4.78, 5) is 7.92. The first-order chi connectivity index (χ1) is 28.2. The Hall–Kier alpha value is -5.88. The molecule has 288 valence electrons. The zero-order chi connectivity index (χ0) is 38.0. The Bertz CT molecular complexity index is 2100. The van der Waals surface area contributed by atoms with E-state index >= 15 is 0 Å². The van der Waals surface area contributed by atoms with Crippen LogP contribution in [0.4, 0.5) is 17.1 Å². The second-order valence-corrected chi connectivity index (χ2v) is 16.5. The van der Waals surface area contributed by atoms with Crippen molar-refractivity contribution in [1.29, 1.82) is 0 Å². The molecular formula is C51H54N6. The maximum atomic E-state index is 2.64. The molecule has 6 heteroatoms. The number of hydrogen-bond donors (Lipinski definition) is 0. The molecular weight excluding hydrogens is 697 g/mol. The van der Waals surface area contributed by atoms with Gasteiger partial charge in [0.2, 0.25) is 0 Å². The Morgan fingerprint density at radius 2 is 0.614 bits per heavy atom. The maximum absolute atomic E-state index is 2.64. The van der Waals surface area contributed by atoms with Gasteiger partial charge >= 0.3 is 0 Å². The Labute approximate surface area is 338 Å². The van der Waals surface area contributed by atoms with Gasteiger partial charge in [0.1, 0.15) is 0 Å². The second kappa shape index (κ2) is 15.9. The van der Waals surface area contributed by atoms with Crippen molar-refractivity contribution in [1.82, 2.24) is 13.7 Å². The Kier molecular flexibility index (Phi) is 9.93. The van der Waals surface area contributed by atoms with Gasteiger partial charge in [0.25, 0.3) is 0 Å². The van der Waals surface area contributed by atoms with E-state index < -0.39 is 0 Å². The van der Waals surface area contributed by atoms with Crippen molar-refractivity contribution in [3.05, 3.63) is 165 Å². The topological polar surface area (TPSA) is 24.5 Å². The van der Waals surface area contributed by atoms with E-state index in [2.05, 4.69) is 193 Å². The largest absolute Gasteiger partial charge is 0.369 e. The van der Waals surface area contributed by atoms with Gasteiger partial charge in [0.05, 0.1) is 18.1 Å². The van der Waals surface area contributed by atoms with E-state index in [4.69, 9.17) is 0 Å². The summed E-state index contributed by atoms with van der Waals surface area (Å²) in [7, 11) is 0. The van der Waals surface area contributed by atoms with Gasteiger partial charge in [-0.3, -0.25) is 0 Å². The number of anilines is 3. The van der Waals surface area contributed by atoms with Crippen LogP contribution in [0, 0.1) is 0 Å². The van der Waals surface area contributed by atoms with Gasteiger partial charge in [-0.2, -0.15) is 0 Å². The van der Waals surface area contributed by atoms with Crippen molar-refractivity contribution >= 4 is 17.1 Å². The number of para-hydroxylation sites is 3. The van der Waals surface area contributed by atoms with Crippen LogP contribution in [0.5, 0.6) is 0 Å². The van der Waals surface area contributed by atoms with Gasteiger partial charge in [-0.05, 0) is 128 Å². The Balaban J connectivity index is 1.08. The normalized spacial score (nSPS) is 20.2. The van der Waals surface area contributed by atoms with Crippen LogP contribution in [0.25, 0.3) is 33.4 Å². The molecule has 0 N–H and O–H groups in total. The molecule has 3 saturated heterocycles. The molecule has 10 rings (SSSR count). The summed E-state index contributed by atoms with van der Waals surface area (Å²) in [6.45, 7) is 6.25. The molecule has 0 radical (unpaired) electrons. The lowest BCUT2D eigenvalue weighted by molar-refractivity contribution is 0.406. The third-order valence-corrected chi connectivity index (χ3v) is 12.9. The molecule has 57 heavy (non-hydrogen) atoms. The van der Waals surface area contributed by atoms with E-state index in [1.165, 1.54) is 89.0 Å². The standard InChI is InChI=1S/C51H54N6/c1-4-22-49(55-31-13-16-43(37-55)52-25-7-8-26-52)46(19-1)40-34-41(47-20-2-5-23-50(47)56-32-14-17-44(38-56)53-27-9-10-28-53)36-42(35-40)48-21-3-6-24-51(48)57-33-15-18-45(39-57)54-29-11-12-30-54/h1-12,19-30,34-36,43-45H,13-18,31-33,37-39H2. The minimum atomic E-state index is 0.474. The molecule has 4 aromatic carbocycles. The first-order valence-electron chi connectivity index (χ1n) is 21.3. The molecule has 3 fully saturated rings. The molecule has 3 aliphatic rings. The third-order valence-electron chi connectivity index (χ3n) is 12.9. The number of rotatable bonds is 9. The van der Waals surface area contributed by atoms with Gasteiger partial charge in [0.15, 0.2) is 0 Å². The Morgan fingerprint density at radius 3 is 0.912 bits per heavy atom. The fourth-order valence-corrected chi connectivity index (χ4v) is 10.1. The zero-order valence-electron chi connectivity index (χ0n) is 33.0. The van der Waals surface area contributed by atoms with Crippen LogP contribution >= 0.6 is 0 Å². The number of nitrogens with zero attached hydrogens (tertiary/aromatic N) is 6. The van der Waals surface area contributed by atoms with Crippen molar-refractivity contribution in [3.8, 4) is 33.4 Å². The molecule has 6 nitrogen and oxygen atoms in total. The fraction of sp³-hybridized carbons (Fsp3) is 0.294. The van der Waals surface area contributed by atoms with Crippen LogP contribution in [-0.4, -0.2) is 53.0 Å². The number of piperidine rings is 3. The predicted molar refractivity (Wildman–Crippen MR) is 237 cm³/mol. The summed E-state index contributed by atoms with van der Waals surface area (Å²) >= 11 is 0. The summed E-state index contributed by atoms with van der Waals surface area (Å²) in [5.41, 5.74) is 11.7. The van der Waals surface area contributed by atoms with Crippen molar-refractivity contribution in [2.45, 2.75) is 56.7 Å². The average Bonchev–Trinajstić information content (AvgIpc) is 4.12. The summed E-state index contributed by atoms with van der Waals surface area (Å²) < 4.78 is 7.22. The second-order valence-electron chi connectivity index (χ2n) is 16.5. The van der Waals surface area contributed by atoms with Gasteiger partial charge in [0, 0.05) is 110 Å². The lowest BCUT2D eigenvalue weighted by Crippen LogP contribution is -2.36. The van der Waals surface area contributed by atoms with Crippen molar-refractivity contribution in [2.75, 3.05) is 54.0 Å². The lowest BCUT2D eigenvalue weighted by Gasteiger charge is -2.37. The molecule has 3 aromatic heterocycles. The highest BCUT2D eigenvalue weighted by Gasteiger charge is 2.27. The number of hydrogen-bond acceptors (Lipinski definition) is 3. The van der Waals surface area contributed by atoms with Crippen molar-refractivity contribution in [2.24, 2.45) is 0 Å². The highest BCUT2D eigenvalue weighted by Crippen LogP contribution is 2.43. The summed E-state index contributed by atoms with van der Waals surface area (Å²) in [5, 5.41) is 0. The van der Waals surface area contributed by atoms with Crippen LogP contribution in [0.2, 0.25) is 0 Å². The Morgan fingerprint density at radius 1 is 0.333 bits per heavy atom. The maximum Gasteiger partial charge on any atom is 0.0506 e. The third kappa shape index (κ3) is 7.30. The summed E-state index contributed by atoms with van der Waals surface area (Å²) in [6, 6.07) is 49.3. The highest BCUT2D eigenvalue weighted by atomic mass is 15.2. The smallest absolute Gasteiger partial charge is 0.0506 e. The molecule has 0 aliphatic carbocycles. The van der Waals surface area contributed by atoms with E-state index in [1.807, 2.05) is 0 Å². The minimum Gasteiger partial charge on any atom is -0.369 e. The lowest BCUT2D eigenvalue weighted by atomic mass is 9.90. The van der Waals surface area contributed by atoms with Gasteiger partial charge in [-0.1, -0.05) is 54.6 Å². The van der Waals surface area contributed by atoms with Crippen molar-refractivity contribution in [3.63, 3.8) is 0 Å². The van der Waals surface area contributed by atoms with Crippen LogP contribution in [0.15, 0.2) is 165 Å². The molecule has 3 aliphatic heterocycles. The average molecular weight is 751 g/mol. The molecule has 0 saturated carbocycles. The monoisotopic (exact) mass is 750 g/mol.